The Bertz CT molecular complexity index is 1050. The third-order valence-corrected chi connectivity index (χ3v) is 4.54. The lowest BCUT2D eigenvalue weighted by Crippen LogP contribution is -2.38. The van der Waals surface area contributed by atoms with Crippen molar-refractivity contribution >= 4 is 17.8 Å². The minimum atomic E-state index is -1.25. The van der Waals surface area contributed by atoms with Gasteiger partial charge in [-0.3, -0.25) is 9.59 Å². The van der Waals surface area contributed by atoms with Crippen molar-refractivity contribution in [1.29, 1.82) is 0 Å². The first-order valence-electron chi connectivity index (χ1n) is 9.29. The van der Waals surface area contributed by atoms with E-state index in [0.29, 0.717) is 6.42 Å². The molecule has 0 bridgehead atoms. The molecule has 0 saturated carbocycles. The summed E-state index contributed by atoms with van der Waals surface area (Å²) in [6.07, 6.45) is 1.29. The van der Waals surface area contributed by atoms with Gasteiger partial charge in [0.2, 0.25) is 0 Å². The Labute approximate surface area is 173 Å². The van der Waals surface area contributed by atoms with Crippen LogP contribution in [-0.2, 0) is 11.2 Å². The van der Waals surface area contributed by atoms with Crippen LogP contribution in [0.4, 0.5) is 0 Å². The molecule has 0 fully saturated rings. The van der Waals surface area contributed by atoms with Gasteiger partial charge in [0.25, 0.3) is 5.91 Å². The monoisotopic (exact) mass is 404 g/mol. The maximum absolute atomic E-state index is 12.5. The van der Waals surface area contributed by atoms with Crippen LogP contribution >= 0.6 is 0 Å². The molecule has 0 aliphatic rings. The first kappa shape index (κ1) is 20.7. The molecule has 30 heavy (non-hydrogen) atoms. The molecule has 0 spiro atoms. The average molecular weight is 404 g/mol. The fourth-order valence-electron chi connectivity index (χ4n) is 3.09. The first-order chi connectivity index (χ1) is 14.4. The fourth-order valence-corrected chi connectivity index (χ4v) is 3.09. The molecule has 3 rings (SSSR count). The van der Waals surface area contributed by atoms with Gasteiger partial charge in [-0.05, 0) is 35.2 Å². The molecule has 7 heteroatoms. The molecule has 0 aliphatic carbocycles. The maximum Gasteiger partial charge on any atom is 0.354 e. The molecular weight excluding hydrogens is 384 g/mol. The normalized spacial score (nSPS) is 11.5. The minimum absolute atomic E-state index is 0.109. The van der Waals surface area contributed by atoms with Gasteiger partial charge in [0.15, 0.2) is 0 Å². The number of carboxylic acid groups (broad SMARTS) is 2. The van der Waals surface area contributed by atoms with Gasteiger partial charge in [-0.2, -0.15) is 0 Å². The van der Waals surface area contributed by atoms with Gasteiger partial charge in [-0.15, -0.1) is 0 Å². The van der Waals surface area contributed by atoms with E-state index in [0.717, 1.165) is 22.8 Å². The van der Waals surface area contributed by atoms with Crippen molar-refractivity contribution in [3.05, 3.63) is 89.7 Å². The zero-order valence-corrected chi connectivity index (χ0v) is 16.0. The van der Waals surface area contributed by atoms with E-state index in [2.05, 4.69) is 10.3 Å². The van der Waals surface area contributed by atoms with Crippen LogP contribution in [0.1, 0.15) is 32.8 Å². The maximum atomic E-state index is 12.5. The molecule has 3 N–H and O–H groups in total. The van der Waals surface area contributed by atoms with Crippen molar-refractivity contribution in [3.63, 3.8) is 0 Å². The number of pyridine rings is 1. The highest BCUT2D eigenvalue weighted by atomic mass is 16.4. The summed E-state index contributed by atoms with van der Waals surface area (Å²) in [5.74, 6) is -2.83. The molecule has 1 heterocycles. The van der Waals surface area contributed by atoms with Crippen LogP contribution in [0.3, 0.4) is 0 Å². The quantitative estimate of drug-likeness (QED) is 0.531. The zero-order valence-electron chi connectivity index (χ0n) is 16.0. The molecule has 1 atom stereocenters. The third-order valence-electron chi connectivity index (χ3n) is 4.54. The van der Waals surface area contributed by atoms with Crippen LogP contribution < -0.4 is 5.32 Å². The minimum Gasteiger partial charge on any atom is -0.481 e. The van der Waals surface area contributed by atoms with Gasteiger partial charge in [0.1, 0.15) is 5.69 Å². The molecule has 2 aromatic carbocycles. The van der Waals surface area contributed by atoms with Gasteiger partial charge < -0.3 is 15.5 Å². The van der Waals surface area contributed by atoms with E-state index >= 15 is 0 Å². The predicted molar refractivity (Wildman–Crippen MR) is 110 cm³/mol. The largest absolute Gasteiger partial charge is 0.481 e. The summed E-state index contributed by atoms with van der Waals surface area (Å²) in [5, 5.41) is 20.9. The van der Waals surface area contributed by atoms with E-state index in [1.54, 1.807) is 0 Å². The van der Waals surface area contributed by atoms with Crippen molar-refractivity contribution in [2.75, 3.05) is 0 Å². The number of nitrogens with one attached hydrogen (secondary N) is 1. The van der Waals surface area contributed by atoms with E-state index in [9.17, 15) is 19.5 Å². The highest BCUT2D eigenvalue weighted by Gasteiger charge is 2.19. The van der Waals surface area contributed by atoms with E-state index in [1.807, 2.05) is 54.6 Å². The Morgan fingerprint density at radius 1 is 0.900 bits per heavy atom. The second-order valence-electron chi connectivity index (χ2n) is 6.77. The van der Waals surface area contributed by atoms with Gasteiger partial charge in [-0.1, -0.05) is 54.6 Å². The lowest BCUT2D eigenvalue weighted by Gasteiger charge is -2.17. The number of aromatic nitrogens is 1. The molecule has 0 radical (unpaired) electrons. The van der Waals surface area contributed by atoms with Crippen LogP contribution in [0, 0.1) is 0 Å². The number of carbonyl (C=O) groups excluding carboxylic acids is 1. The fraction of sp³-hybridized carbons (Fsp3) is 0.130. The molecule has 1 aromatic heterocycles. The highest BCUT2D eigenvalue weighted by Crippen LogP contribution is 2.20. The summed E-state index contributed by atoms with van der Waals surface area (Å²) >= 11 is 0. The summed E-state index contributed by atoms with van der Waals surface area (Å²) in [4.78, 5) is 38.5. The third kappa shape index (κ3) is 5.51. The SMILES string of the molecule is O=C(O)C[C@@H](Cc1ccc(-c2ccccc2)cc1)NC(=O)c1ccnc(C(=O)O)c1. The topological polar surface area (TPSA) is 117 Å². The van der Waals surface area contributed by atoms with E-state index < -0.39 is 23.9 Å². The molecule has 0 saturated heterocycles. The molecule has 1 amide bonds. The van der Waals surface area contributed by atoms with Gasteiger partial charge in [0.05, 0.1) is 6.42 Å². The number of aliphatic carboxylic acids is 1. The number of benzene rings is 2. The number of carbonyl (C=O) groups is 3. The second-order valence-corrected chi connectivity index (χ2v) is 6.77. The van der Waals surface area contributed by atoms with Crippen LogP contribution in [0.15, 0.2) is 72.9 Å². The van der Waals surface area contributed by atoms with Crippen LogP contribution in [0.2, 0.25) is 0 Å². The first-order valence-corrected chi connectivity index (χ1v) is 9.29. The Morgan fingerprint density at radius 3 is 2.20 bits per heavy atom. The van der Waals surface area contributed by atoms with Gasteiger partial charge in [-0.25, -0.2) is 9.78 Å². The molecule has 0 aliphatic heterocycles. The van der Waals surface area contributed by atoms with Crippen LogP contribution in [0.5, 0.6) is 0 Å². The van der Waals surface area contributed by atoms with Gasteiger partial charge >= 0.3 is 11.9 Å². The van der Waals surface area contributed by atoms with Crippen molar-refractivity contribution in [1.82, 2.24) is 10.3 Å². The Kier molecular flexibility index (Phi) is 6.54. The predicted octanol–water partition coefficient (Wildman–Crippen LogP) is 3.26. The molecule has 0 unspecified atom stereocenters. The van der Waals surface area contributed by atoms with Crippen LogP contribution in [0.25, 0.3) is 11.1 Å². The van der Waals surface area contributed by atoms with Crippen molar-refractivity contribution < 1.29 is 24.6 Å². The highest BCUT2D eigenvalue weighted by molar-refractivity contribution is 5.97. The summed E-state index contributed by atoms with van der Waals surface area (Å²) < 4.78 is 0. The molecular formula is C23H20N2O5. The molecule has 7 nitrogen and oxygen atoms in total. The number of nitrogens with zero attached hydrogens (tertiary/aromatic N) is 1. The smallest absolute Gasteiger partial charge is 0.354 e. The lowest BCUT2D eigenvalue weighted by molar-refractivity contribution is -0.137. The zero-order chi connectivity index (χ0) is 21.5. The second kappa shape index (κ2) is 9.47. The standard InChI is InChI=1S/C23H20N2O5/c26-21(27)14-19(25-22(28)18-10-11-24-20(13-18)23(29)30)12-15-6-8-17(9-7-15)16-4-2-1-3-5-16/h1-11,13,19H,12,14H2,(H,25,28)(H,26,27)(H,29,30)/t19-/m1/s1. The van der Waals surface area contributed by atoms with Crippen molar-refractivity contribution in [3.8, 4) is 11.1 Å². The number of rotatable bonds is 8. The number of hydrogen-bond acceptors (Lipinski definition) is 4. The Hall–Kier alpha value is -4.00. The van der Waals surface area contributed by atoms with E-state index in [-0.39, 0.29) is 17.7 Å². The number of hydrogen-bond donors (Lipinski definition) is 3. The summed E-state index contributed by atoms with van der Waals surface area (Å²) in [6.45, 7) is 0. The van der Waals surface area contributed by atoms with Crippen molar-refractivity contribution in [2.24, 2.45) is 0 Å². The number of amides is 1. The Morgan fingerprint density at radius 2 is 1.57 bits per heavy atom. The summed E-state index contributed by atoms with van der Waals surface area (Å²) in [5.41, 5.74) is 2.84. The molecule has 152 valence electrons. The van der Waals surface area contributed by atoms with E-state index in [4.69, 9.17) is 5.11 Å². The molecule has 3 aromatic rings. The van der Waals surface area contributed by atoms with Crippen molar-refractivity contribution in [2.45, 2.75) is 18.9 Å². The Balaban J connectivity index is 1.73. The number of aromatic carboxylic acids is 1. The lowest BCUT2D eigenvalue weighted by atomic mass is 9.99. The van der Waals surface area contributed by atoms with Gasteiger partial charge in [0, 0.05) is 17.8 Å². The number of carboxylic acids is 2. The summed E-state index contributed by atoms with van der Waals surface area (Å²) in [7, 11) is 0. The summed E-state index contributed by atoms with van der Waals surface area (Å²) in [6, 6.07) is 19.4. The van der Waals surface area contributed by atoms with Crippen LogP contribution in [-0.4, -0.2) is 39.1 Å². The average Bonchev–Trinajstić information content (AvgIpc) is 2.74. The van der Waals surface area contributed by atoms with E-state index in [1.165, 1.54) is 12.3 Å².